The van der Waals surface area contributed by atoms with E-state index in [2.05, 4.69) is 0 Å². The summed E-state index contributed by atoms with van der Waals surface area (Å²) in [6.45, 7) is -0.582. The summed E-state index contributed by atoms with van der Waals surface area (Å²) < 4.78 is 45.2. The molecule has 18 heteroatoms. The molecule has 59 heavy (non-hydrogen) atoms. The molecule has 3 saturated heterocycles. The number of para-hydroxylation sites is 1. The van der Waals surface area contributed by atoms with Gasteiger partial charge in [-0.1, -0.05) is 66.7 Å². The quantitative estimate of drug-likeness (QED) is 0.0884. The number of halogens is 1. The van der Waals surface area contributed by atoms with E-state index in [9.17, 15) is 64.1 Å². The van der Waals surface area contributed by atoms with E-state index in [0.29, 0.717) is 22.4 Å². The van der Waals surface area contributed by atoms with Crippen molar-refractivity contribution in [3.8, 4) is 16.9 Å². The summed E-state index contributed by atoms with van der Waals surface area (Å²) in [5.74, 6) is -3.58. The lowest BCUT2D eigenvalue weighted by Gasteiger charge is -2.47. The third-order valence-corrected chi connectivity index (χ3v) is 12.5. The van der Waals surface area contributed by atoms with E-state index in [1.807, 2.05) is 0 Å². The molecule has 3 fully saturated rings. The zero-order valence-corrected chi connectivity index (χ0v) is 31.7. The fraction of sp³-hybridized carbons (Fsp3) is 0.366. The van der Waals surface area contributed by atoms with Crippen molar-refractivity contribution >= 4 is 28.4 Å². The molecule has 3 heterocycles. The lowest BCUT2D eigenvalue weighted by molar-refractivity contribution is -0.303. The zero-order chi connectivity index (χ0) is 42.3. The number of carboxylic acids is 1. The maximum absolute atomic E-state index is 14.4. The number of benzene rings is 4. The van der Waals surface area contributed by atoms with Crippen molar-refractivity contribution in [2.45, 2.75) is 78.6 Å². The van der Waals surface area contributed by atoms with Crippen molar-refractivity contribution in [2.75, 3.05) is 17.3 Å². The summed E-state index contributed by atoms with van der Waals surface area (Å²) in [6, 6.07) is 23.5. The second-order valence-corrected chi connectivity index (χ2v) is 16.1. The maximum atomic E-state index is 14.4. The van der Waals surface area contributed by atoms with Crippen molar-refractivity contribution in [2.24, 2.45) is 0 Å². The molecule has 9 N–H and O–H groups in total. The molecule has 3 aliphatic rings. The van der Waals surface area contributed by atoms with Crippen LogP contribution in [0.4, 0.5) is 10.1 Å². The minimum absolute atomic E-state index is 0.205. The molecule has 0 bridgehead atoms. The van der Waals surface area contributed by atoms with Gasteiger partial charge in [0.1, 0.15) is 65.6 Å². The number of aromatic hydroxyl groups is 1. The number of ether oxygens (including phenoxy) is 3. The molecule has 0 saturated carbocycles. The Kier molecular flexibility index (Phi) is 12.6. The second kappa shape index (κ2) is 17.5. The van der Waals surface area contributed by atoms with Gasteiger partial charge in [0.15, 0.2) is 12.4 Å². The van der Waals surface area contributed by atoms with Crippen molar-refractivity contribution in [1.82, 2.24) is 0 Å². The predicted octanol–water partition coefficient (Wildman–Crippen LogP) is 0.568. The summed E-state index contributed by atoms with van der Waals surface area (Å²) in [4.78, 5) is 27.1. The van der Waals surface area contributed by atoms with Crippen molar-refractivity contribution in [1.29, 1.82) is 0 Å². The van der Waals surface area contributed by atoms with Gasteiger partial charge in [-0.2, -0.15) is 0 Å². The molecule has 4 aromatic rings. The highest BCUT2D eigenvalue weighted by Gasteiger charge is 2.54. The van der Waals surface area contributed by atoms with Gasteiger partial charge in [0, 0.05) is 22.1 Å². The van der Waals surface area contributed by atoms with Gasteiger partial charge >= 0.3 is 5.97 Å². The monoisotopic (exact) mass is 839 g/mol. The number of phenols is 1. The number of aliphatic hydroxyl groups is 7. The molecule has 1 amide bonds. The average Bonchev–Trinajstić information content (AvgIpc) is 3.22. The van der Waals surface area contributed by atoms with Crippen LogP contribution in [0.25, 0.3) is 11.1 Å². The smallest absolute Gasteiger partial charge is 0.335 e. The number of carbonyl (C=O) groups excluding carboxylic acids is 1. The minimum atomic E-state index is -2.15. The predicted molar refractivity (Wildman–Crippen MR) is 204 cm³/mol. The van der Waals surface area contributed by atoms with Gasteiger partial charge in [-0.25, -0.2) is 9.18 Å². The highest BCUT2D eigenvalue weighted by Crippen LogP contribution is 2.46. The first-order valence-electron chi connectivity index (χ1n) is 18.5. The van der Waals surface area contributed by atoms with Gasteiger partial charge in [-0.15, -0.1) is 0 Å². The molecule has 16 nitrogen and oxygen atoms in total. The number of phenolic OH excluding ortho intramolecular Hbond substituents is 1. The fourth-order valence-electron chi connectivity index (χ4n) is 7.58. The maximum Gasteiger partial charge on any atom is 0.335 e. The molecule has 14 atom stereocenters. The van der Waals surface area contributed by atoms with Crippen molar-refractivity contribution < 1.29 is 78.4 Å². The van der Waals surface area contributed by atoms with Gasteiger partial charge < -0.3 is 65.1 Å². The van der Waals surface area contributed by atoms with E-state index >= 15 is 0 Å². The second-order valence-electron chi connectivity index (χ2n) is 14.5. The van der Waals surface area contributed by atoms with Crippen LogP contribution in [0.15, 0.2) is 97.1 Å². The lowest BCUT2D eigenvalue weighted by atomic mass is 9.89. The summed E-state index contributed by atoms with van der Waals surface area (Å²) >= 11 is 0. The number of carboxylic acid groups (broad SMARTS) is 1. The number of anilines is 1. The first-order valence-corrected chi connectivity index (χ1v) is 19.9. The number of β-lactam (4-membered cyclic amide) rings is 1. The summed E-state index contributed by atoms with van der Waals surface area (Å²) in [7, 11) is -2.15. The Bertz CT molecular complexity index is 2140. The highest BCUT2D eigenvalue weighted by molar-refractivity contribution is 7.86. The van der Waals surface area contributed by atoms with E-state index < -0.39 is 119 Å². The van der Waals surface area contributed by atoms with Gasteiger partial charge in [-0.3, -0.25) is 9.00 Å². The van der Waals surface area contributed by atoms with Gasteiger partial charge in [0.25, 0.3) is 0 Å². The molecule has 3 aliphatic heterocycles. The van der Waals surface area contributed by atoms with E-state index in [0.717, 1.165) is 12.1 Å². The summed E-state index contributed by atoms with van der Waals surface area (Å²) in [6.07, 6.45) is -17.9. The Balaban J connectivity index is 1.16. The van der Waals surface area contributed by atoms with Crippen LogP contribution in [0, 0.1) is 5.82 Å². The van der Waals surface area contributed by atoms with Crippen LogP contribution in [-0.2, 0) is 34.6 Å². The molecule has 0 aliphatic carbocycles. The standard InChI is InChI=1S/C41H42FNO15S/c42-23-13-10-20(11-14-23)28(57-41-35(51)32(48)34(50)37(58-41)40(53)54)18-59(55)38-29(43(39(38)52)24-4-2-1-3-5-24)25-15-12-22(16-26(25)45)19-6-8-21(9-7-19)36-33(49)31(47)30(46)27(17-44)56-36/h1-16,27-38,41,44-51H,17-18H2,(H,53,54)/t27-,28+,29-,30-,31+,32+,33-,34+,35?,36?,37?,38-,41-,59?/m1/s1. The van der Waals surface area contributed by atoms with E-state index in [1.165, 1.54) is 23.1 Å². The number of hydrogen-bond acceptors (Lipinski definition) is 14. The molecule has 4 unspecified atom stereocenters. The van der Waals surface area contributed by atoms with E-state index in [1.54, 1.807) is 66.7 Å². The number of aliphatic hydroxyl groups excluding tert-OH is 7. The normalized spacial score (nSPS) is 31.9. The van der Waals surface area contributed by atoms with Crippen LogP contribution in [0.3, 0.4) is 0 Å². The fourth-order valence-corrected chi connectivity index (χ4v) is 9.25. The first kappa shape index (κ1) is 42.4. The van der Waals surface area contributed by atoms with Crippen LogP contribution in [0.2, 0.25) is 0 Å². The third-order valence-electron chi connectivity index (χ3n) is 10.8. The van der Waals surface area contributed by atoms with Crippen LogP contribution < -0.4 is 4.90 Å². The first-order chi connectivity index (χ1) is 28.2. The van der Waals surface area contributed by atoms with Crippen molar-refractivity contribution in [3.05, 3.63) is 120 Å². The van der Waals surface area contributed by atoms with Crippen LogP contribution in [-0.4, -0.2) is 135 Å². The summed E-state index contributed by atoms with van der Waals surface area (Å²) in [5, 5.41) is 91.6. The number of carbonyl (C=O) groups is 2. The Morgan fingerprint density at radius 2 is 1.44 bits per heavy atom. The largest absolute Gasteiger partial charge is 0.508 e. The van der Waals surface area contributed by atoms with E-state index in [-0.39, 0.29) is 16.9 Å². The molecule has 0 spiro atoms. The average molecular weight is 840 g/mol. The van der Waals surface area contributed by atoms with Gasteiger partial charge in [-0.05, 0) is 52.6 Å². The minimum Gasteiger partial charge on any atom is -0.508 e. The third kappa shape index (κ3) is 8.26. The highest BCUT2D eigenvalue weighted by atomic mass is 32.2. The SMILES string of the molecule is O=C(O)C1O[C@@H](O[C@@H](CS(=O)[C@H]2C(=O)N(c3ccccc3)[C@@H]2c2ccc(-c3ccc(C4O[C@H](CO)[C@@H](O)[C@H](O)[C@H]4O)cc3)cc2O)c2ccc(F)cc2)C(O)[C@@H](O)[C@@H]1O. The van der Waals surface area contributed by atoms with Crippen molar-refractivity contribution in [3.63, 3.8) is 0 Å². The molecular formula is C41H42FNO15S. The molecular weight excluding hydrogens is 798 g/mol. The zero-order valence-electron chi connectivity index (χ0n) is 30.9. The number of nitrogens with zero attached hydrogens (tertiary/aromatic N) is 1. The van der Waals surface area contributed by atoms with Crippen LogP contribution in [0.5, 0.6) is 5.75 Å². The van der Waals surface area contributed by atoms with E-state index in [4.69, 9.17) is 14.2 Å². The number of hydrogen-bond donors (Lipinski definition) is 9. The number of rotatable bonds is 12. The Labute approximate surface area is 338 Å². The van der Waals surface area contributed by atoms with Gasteiger partial charge in [0.05, 0.1) is 24.5 Å². The van der Waals surface area contributed by atoms with Gasteiger partial charge in [0.2, 0.25) is 5.91 Å². The van der Waals surface area contributed by atoms with Crippen LogP contribution in [0.1, 0.15) is 34.9 Å². The molecule has 7 rings (SSSR count). The molecule has 0 radical (unpaired) electrons. The Morgan fingerprint density at radius 3 is 2.07 bits per heavy atom. The summed E-state index contributed by atoms with van der Waals surface area (Å²) in [5.41, 5.74) is 2.48. The number of amides is 1. The topological polar surface area (TPSA) is 264 Å². The molecule has 0 aromatic heterocycles. The molecule has 314 valence electrons. The number of aliphatic carboxylic acids is 1. The van der Waals surface area contributed by atoms with Crippen LogP contribution >= 0.6 is 0 Å². The lowest BCUT2D eigenvalue weighted by Crippen LogP contribution is -2.62. The Hall–Kier alpha value is -4.70. The Morgan fingerprint density at radius 1 is 0.797 bits per heavy atom. The molecule has 4 aromatic carbocycles.